The Hall–Kier alpha value is -3.03. The Labute approximate surface area is 189 Å². The monoisotopic (exact) mass is 433 g/mol. The molecule has 4 rings (SSSR count). The molecule has 1 atom stereocenters. The van der Waals surface area contributed by atoms with E-state index in [1.54, 1.807) is 12.4 Å². The van der Waals surface area contributed by atoms with Crippen molar-refractivity contribution in [2.75, 3.05) is 26.2 Å². The molecule has 0 aliphatic carbocycles. The molecule has 0 aromatic carbocycles. The van der Waals surface area contributed by atoms with Gasteiger partial charge in [-0.1, -0.05) is 19.9 Å². The fourth-order valence-corrected chi connectivity index (χ4v) is 4.10. The number of aromatic nitrogens is 3. The van der Waals surface area contributed by atoms with E-state index < -0.39 is 0 Å². The molecule has 3 aromatic heterocycles. The third-order valence-corrected chi connectivity index (χ3v) is 5.52. The van der Waals surface area contributed by atoms with Crippen LogP contribution in [0.3, 0.4) is 0 Å². The Morgan fingerprint density at radius 1 is 1.09 bits per heavy atom. The van der Waals surface area contributed by atoms with E-state index in [-0.39, 0.29) is 12.0 Å². The second-order valence-electron chi connectivity index (χ2n) is 8.70. The van der Waals surface area contributed by atoms with Crippen LogP contribution in [0.2, 0.25) is 0 Å². The van der Waals surface area contributed by atoms with Crippen LogP contribution in [0, 0.1) is 5.92 Å². The summed E-state index contributed by atoms with van der Waals surface area (Å²) in [6.07, 6.45) is 7.35. The summed E-state index contributed by atoms with van der Waals surface area (Å²) >= 11 is 0. The van der Waals surface area contributed by atoms with Crippen LogP contribution in [0.1, 0.15) is 25.2 Å². The quantitative estimate of drug-likeness (QED) is 0.546. The molecule has 0 spiro atoms. The van der Waals surface area contributed by atoms with Gasteiger partial charge in [0.15, 0.2) is 0 Å². The number of hydrogen-bond acceptors (Lipinski definition) is 5. The molecule has 0 N–H and O–H groups in total. The van der Waals surface area contributed by atoms with E-state index in [0.717, 1.165) is 23.6 Å². The maximum absolute atomic E-state index is 13.1. The molecule has 168 valence electrons. The molecule has 1 aliphatic heterocycles. The van der Waals surface area contributed by atoms with Gasteiger partial charge in [0.1, 0.15) is 0 Å². The highest BCUT2D eigenvalue weighted by Gasteiger charge is 2.29. The van der Waals surface area contributed by atoms with Gasteiger partial charge in [-0.25, -0.2) is 0 Å². The largest absolute Gasteiger partial charge is 0.369 e. The van der Waals surface area contributed by atoms with E-state index >= 15 is 0 Å². The van der Waals surface area contributed by atoms with Gasteiger partial charge in [0.2, 0.25) is 5.91 Å². The van der Waals surface area contributed by atoms with Crippen molar-refractivity contribution in [1.82, 2.24) is 24.3 Å². The van der Waals surface area contributed by atoms with Crippen LogP contribution < -0.4 is 0 Å². The van der Waals surface area contributed by atoms with Crippen LogP contribution in [-0.4, -0.2) is 62.5 Å². The molecule has 1 aliphatic rings. The second-order valence-corrected chi connectivity index (χ2v) is 8.70. The van der Waals surface area contributed by atoms with Gasteiger partial charge in [-0.15, -0.1) is 0 Å². The number of carbonyl (C=O) groups is 1. The van der Waals surface area contributed by atoms with Crippen molar-refractivity contribution >= 4 is 5.91 Å². The summed E-state index contributed by atoms with van der Waals surface area (Å²) in [5.41, 5.74) is 3.03. The van der Waals surface area contributed by atoms with Crippen molar-refractivity contribution in [3.05, 3.63) is 78.6 Å². The summed E-state index contributed by atoms with van der Waals surface area (Å²) in [7, 11) is 0. The summed E-state index contributed by atoms with van der Waals surface area (Å²) in [5.74, 6) is 0.562. The maximum Gasteiger partial charge on any atom is 0.236 e. The standard InChI is InChI=1S/C25H31N5O2/c1-20(2)14-29-17-24(32-19-21-7-3-4-11-27-21)16-28(18-25(29)31)15-23-9-6-12-30(23)22-8-5-10-26-13-22/h3-13,20,24H,14-19H2,1-2H3. The molecular weight excluding hydrogens is 402 g/mol. The molecule has 3 aromatic rings. The Balaban J connectivity index is 1.50. The van der Waals surface area contributed by atoms with Gasteiger partial charge < -0.3 is 14.2 Å². The van der Waals surface area contributed by atoms with E-state index in [0.29, 0.717) is 38.7 Å². The minimum absolute atomic E-state index is 0.0796. The molecule has 4 heterocycles. The number of rotatable bonds is 8. The number of nitrogens with zero attached hydrogens (tertiary/aromatic N) is 5. The van der Waals surface area contributed by atoms with Gasteiger partial charge in [-0.2, -0.15) is 0 Å². The summed E-state index contributed by atoms with van der Waals surface area (Å²) in [6, 6.07) is 13.9. The van der Waals surface area contributed by atoms with Crippen molar-refractivity contribution in [2.24, 2.45) is 5.92 Å². The molecule has 1 saturated heterocycles. The highest BCUT2D eigenvalue weighted by Crippen LogP contribution is 2.17. The molecule has 1 amide bonds. The molecule has 0 saturated carbocycles. The third-order valence-electron chi connectivity index (χ3n) is 5.52. The van der Waals surface area contributed by atoms with Crippen molar-refractivity contribution in [2.45, 2.75) is 33.1 Å². The minimum atomic E-state index is -0.0796. The molecule has 32 heavy (non-hydrogen) atoms. The molecule has 7 nitrogen and oxygen atoms in total. The van der Waals surface area contributed by atoms with E-state index in [1.165, 1.54) is 0 Å². The normalized spacial score (nSPS) is 17.7. The SMILES string of the molecule is CC(C)CN1CC(OCc2ccccn2)CN(Cc2cccn2-c2cccnc2)CC1=O. The Kier molecular flexibility index (Phi) is 7.29. The molecule has 1 unspecified atom stereocenters. The Morgan fingerprint density at radius 2 is 2.00 bits per heavy atom. The predicted octanol–water partition coefficient (Wildman–Crippen LogP) is 3.15. The van der Waals surface area contributed by atoms with Gasteiger partial charge in [0.05, 0.1) is 36.8 Å². The van der Waals surface area contributed by atoms with Gasteiger partial charge >= 0.3 is 0 Å². The summed E-state index contributed by atoms with van der Waals surface area (Å²) in [5, 5.41) is 0. The van der Waals surface area contributed by atoms with Crippen molar-refractivity contribution in [3.8, 4) is 5.69 Å². The van der Waals surface area contributed by atoms with Gasteiger partial charge in [0, 0.05) is 50.5 Å². The first-order chi connectivity index (χ1) is 15.6. The van der Waals surface area contributed by atoms with E-state index in [2.05, 4.69) is 39.3 Å². The number of pyridine rings is 2. The highest BCUT2D eigenvalue weighted by molar-refractivity contribution is 5.78. The molecular formula is C25H31N5O2. The average molecular weight is 434 g/mol. The minimum Gasteiger partial charge on any atom is -0.369 e. The zero-order valence-electron chi connectivity index (χ0n) is 18.8. The lowest BCUT2D eigenvalue weighted by atomic mass is 10.2. The van der Waals surface area contributed by atoms with Crippen LogP contribution in [0.5, 0.6) is 0 Å². The Morgan fingerprint density at radius 3 is 2.75 bits per heavy atom. The van der Waals surface area contributed by atoms with Crippen LogP contribution in [-0.2, 0) is 22.7 Å². The number of amides is 1. The summed E-state index contributed by atoms with van der Waals surface area (Å²) < 4.78 is 8.38. The van der Waals surface area contributed by atoms with Crippen molar-refractivity contribution in [3.63, 3.8) is 0 Å². The predicted molar refractivity (Wildman–Crippen MR) is 123 cm³/mol. The van der Waals surface area contributed by atoms with Crippen LogP contribution in [0.15, 0.2) is 67.3 Å². The van der Waals surface area contributed by atoms with E-state index in [1.807, 2.05) is 53.7 Å². The summed E-state index contributed by atoms with van der Waals surface area (Å²) in [6.45, 7) is 7.79. The van der Waals surface area contributed by atoms with Gasteiger partial charge in [-0.3, -0.25) is 19.7 Å². The number of carbonyl (C=O) groups excluding carboxylic acids is 1. The number of ether oxygens (including phenoxy) is 1. The molecule has 1 fully saturated rings. The maximum atomic E-state index is 13.1. The lowest BCUT2D eigenvalue weighted by Gasteiger charge is -2.26. The number of hydrogen-bond donors (Lipinski definition) is 0. The second kappa shape index (κ2) is 10.5. The lowest BCUT2D eigenvalue weighted by Crippen LogP contribution is -2.40. The Bertz CT molecular complexity index is 990. The zero-order chi connectivity index (χ0) is 22.3. The first kappa shape index (κ1) is 22.2. The first-order valence-electron chi connectivity index (χ1n) is 11.2. The average Bonchev–Trinajstić information content (AvgIpc) is 3.20. The fourth-order valence-electron chi connectivity index (χ4n) is 4.10. The molecule has 7 heteroatoms. The molecule has 0 bridgehead atoms. The summed E-state index contributed by atoms with van der Waals surface area (Å²) in [4.78, 5) is 25.8. The highest BCUT2D eigenvalue weighted by atomic mass is 16.5. The zero-order valence-corrected chi connectivity index (χ0v) is 18.8. The third kappa shape index (κ3) is 5.81. The van der Waals surface area contributed by atoms with E-state index in [9.17, 15) is 4.79 Å². The van der Waals surface area contributed by atoms with Crippen molar-refractivity contribution < 1.29 is 9.53 Å². The lowest BCUT2D eigenvalue weighted by molar-refractivity contribution is -0.132. The van der Waals surface area contributed by atoms with Gasteiger partial charge in [0.25, 0.3) is 0 Å². The topological polar surface area (TPSA) is 63.5 Å². The van der Waals surface area contributed by atoms with E-state index in [4.69, 9.17) is 4.74 Å². The first-order valence-corrected chi connectivity index (χ1v) is 11.2. The molecule has 0 radical (unpaired) electrons. The van der Waals surface area contributed by atoms with Crippen LogP contribution in [0.4, 0.5) is 0 Å². The van der Waals surface area contributed by atoms with Crippen molar-refractivity contribution in [1.29, 1.82) is 0 Å². The van der Waals surface area contributed by atoms with Crippen LogP contribution in [0.25, 0.3) is 5.69 Å². The smallest absolute Gasteiger partial charge is 0.236 e. The van der Waals surface area contributed by atoms with Crippen LogP contribution >= 0.6 is 0 Å². The van der Waals surface area contributed by atoms with Gasteiger partial charge in [-0.05, 0) is 42.3 Å². The fraction of sp³-hybridized carbons (Fsp3) is 0.400.